The molecule has 2 aliphatic rings. The van der Waals surface area contributed by atoms with Crippen LogP contribution in [0.1, 0.15) is 31.2 Å². The summed E-state index contributed by atoms with van der Waals surface area (Å²) in [4.78, 5) is 26.0. The van der Waals surface area contributed by atoms with Gasteiger partial charge in [0.1, 0.15) is 11.2 Å². The number of benzene rings is 1. The van der Waals surface area contributed by atoms with E-state index in [4.69, 9.17) is 11.6 Å². The minimum atomic E-state index is -1.31. The van der Waals surface area contributed by atoms with Crippen molar-refractivity contribution in [2.45, 2.75) is 38.2 Å². The number of likely N-dealkylation sites (tertiary alicyclic amines) is 1. The van der Waals surface area contributed by atoms with Gasteiger partial charge in [-0.3, -0.25) is 9.59 Å². The monoisotopic (exact) mass is 369 g/mol. The Hall–Kier alpha value is -1.66. The lowest BCUT2D eigenvalue weighted by Gasteiger charge is -2.43. The van der Waals surface area contributed by atoms with Crippen LogP contribution < -0.4 is 0 Å². The van der Waals surface area contributed by atoms with Crippen LogP contribution in [-0.2, 0) is 16.0 Å². The van der Waals surface area contributed by atoms with E-state index in [-0.39, 0.29) is 30.3 Å². The number of piperidine rings is 1. The Bertz CT molecular complexity index is 673. The van der Waals surface area contributed by atoms with Gasteiger partial charge in [-0.05, 0) is 42.5 Å². The highest BCUT2D eigenvalue weighted by Crippen LogP contribution is 2.45. The van der Waals surface area contributed by atoms with Gasteiger partial charge < -0.3 is 15.1 Å². The number of nitrogens with zero attached hydrogens (tertiary/aromatic N) is 1. The van der Waals surface area contributed by atoms with Gasteiger partial charge in [-0.2, -0.15) is 0 Å². The SMILES string of the molecule is O=C(Cc1cc(F)cc(Cl)c1)N1CC[C@@H](O)[C@](CC2CC2)(C(=O)O)C1. The fraction of sp³-hybridized carbons (Fsp3) is 0.556. The zero-order valence-electron chi connectivity index (χ0n) is 13.8. The summed E-state index contributed by atoms with van der Waals surface area (Å²) in [7, 11) is 0. The van der Waals surface area contributed by atoms with Gasteiger partial charge in [0.05, 0.1) is 12.5 Å². The van der Waals surface area contributed by atoms with Crippen LogP contribution in [0.4, 0.5) is 4.39 Å². The minimum Gasteiger partial charge on any atom is -0.481 e. The molecule has 7 heteroatoms. The highest BCUT2D eigenvalue weighted by molar-refractivity contribution is 6.30. The van der Waals surface area contributed by atoms with Crippen LogP contribution >= 0.6 is 11.6 Å². The lowest BCUT2D eigenvalue weighted by Crippen LogP contribution is -2.57. The third-order valence-corrected chi connectivity index (χ3v) is 5.41. The Balaban J connectivity index is 1.75. The maximum absolute atomic E-state index is 13.4. The molecule has 0 radical (unpaired) electrons. The molecule has 136 valence electrons. The normalized spacial score (nSPS) is 26.5. The zero-order chi connectivity index (χ0) is 18.2. The number of carbonyl (C=O) groups excluding carboxylic acids is 1. The molecule has 2 fully saturated rings. The van der Waals surface area contributed by atoms with Gasteiger partial charge >= 0.3 is 5.97 Å². The van der Waals surface area contributed by atoms with Crippen LogP contribution in [0.25, 0.3) is 0 Å². The fourth-order valence-corrected chi connectivity index (χ4v) is 3.87. The number of halogens is 2. The molecule has 1 aliphatic carbocycles. The molecule has 1 amide bonds. The van der Waals surface area contributed by atoms with Crippen molar-refractivity contribution in [2.24, 2.45) is 11.3 Å². The van der Waals surface area contributed by atoms with E-state index in [1.54, 1.807) is 0 Å². The molecule has 2 atom stereocenters. The first-order valence-corrected chi connectivity index (χ1v) is 8.82. The number of aliphatic hydroxyl groups is 1. The lowest BCUT2D eigenvalue weighted by atomic mass is 9.73. The van der Waals surface area contributed by atoms with Crippen LogP contribution in [0.5, 0.6) is 0 Å². The first kappa shape index (κ1) is 18.1. The average molecular weight is 370 g/mol. The van der Waals surface area contributed by atoms with Gasteiger partial charge in [0.25, 0.3) is 0 Å². The van der Waals surface area contributed by atoms with Crippen molar-refractivity contribution in [3.8, 4) is 0 Å². The van der Waals surface area contributed by atoms with E-state index in [2.05, 4.69) is 0 Å². The van der Waals surface area contributed by atoms with Gasteiger partial charge in [-0.1, -0.05) is 24.4 Å². The predicted molar refractivity (Wildman–Crippen MR) is 89.7 cm³/mol. The fourth-order valence-electron chi connectivity index (χ4n) is 3.63. The predicted octanol–water partition coefficient (Wildman–Crippen LogP) is 2.49. The average Bonchev–Trinajstić information content (AvgIpc) is 3.32. The second kappa shape index (κ2) is 6.92. The molecule has 0 aromatic heterocycles. The zero-order valence-corrected chi connectivity index (χ0v) is 14.5. The Morgan fingerprint density at radius 3 is 2.60 bits per heavy atom. The van der Waals surface area contributed by atoms with Crippen molar-refractivity contribution in [2.75, 3.05) is 13.1 Å². The molecule has 2 N–H and O–H groups in total. The summed E-state index contributed by atoms with van der Waals surface area (Å²) >= 11 is 5.81. The molecule has 1 aromatic carbocycles. The van der Waals surface area contributed by atoms with Crippen molar-refractivity contribution in [3.63, 3.8) is 0 Å². The van der Waals surface area contributed by atoms with Crippen molar-refractivity contribution in [1.29, 1.82) is 0 Å². The van der Waals surface area contributed by atoms with Crippen LogP contribution in [-0.4, -0.2) is 46.2 Å². The number of aliphatic carboxylic acids is 1. The largest absolute Gasteiger partial charge is 0.481 e. The summed E-state index contributed by atoms with van der Waals surface area (Å²) in [5.74, 6) is -1.55. The van der Waals surface area contributed by atoms with Crippen molar-refractivity contribution >= 4 is 23.5 Å². The number of aliphatic hydroxyl groups excluding tert-OH is 1. The van der Waals surface area contributed by atoms with E-state index in [0.29, 0.717) is 24.4 Å². The van der Waals surface area contributed by atoms with Crippen molar-refractivity contribution in [1.82, 2.24) is 4.90 Å². The Morgan fingerprint density at radius 2 is 2.00 bits per heavy atom. The van der Waals surface area contributed by atoms with Gasteiger partial charge in [0.15, 0.2) is 0 Å². The molecule has 1 aromatic rings. The van der Waals surface area contributed by atoms with Crippen LogP contribution in [0.15, 0.2) is 18.2 Å². The van der Waals surface area contributed by atoms with Crippen LogP contribution in [0.3, 0.4) is 0 Å². The first-order chi connectivity index (χ1) is 11.8. The summed E-state index contributed by atoms with van der Waals surface area (Å²) in [5.41, 5.74) is -0.862. The van der Waals surface area contributed by atoms with Crippen LogP contribution in [0, 0.1) is 17.2 Å². The van der Waals surface area contributed by atoms with E-state index < -0.39 is 23.3 Å². The first-order valence-electron chi connectivity index (χ1n) is 8.44. The molecule has 1 aliphatic heterocycles. The third-order valence-electron chi connectivity index (χ3n) is 5.19. The highest BCUT2D eigenvalue weighted by Gasteiger charge is 2.52. The van der Waals surface area contributed by atoms with E-state index in [9.17, 15) is 24.2 Å². The molecule has 1 saturated carbocycles. The maximum Gasteiger partial charge on any atom is 0.314 e. The number of carboxylic acid groups (broad SMARTS) is 1. The van der Waals surface area contributed by atoms with Crippen LogP contribution in [0.2, 0.25) is 5.02 Å². The van der Waals surface area contributed by atoms with E-state index >= 15 is 0 Å². The molecule has 25 heavy (non-hydrogen) atoms. The summed E-state index contributed by atoms with van der Waals surface area (Å²) < 4.78 is 13.4. The second-order valence-electron chi connectivity index (χ2n) is 7.18. The smallest absolute Gasteiger partial charge is 0.314 e. The van der Waals surface area contributed by atoms with E-state index in [1.165, 1.54) is 17.0 Å². The lowest BCUT2D eigenvalue weighted by molar-refractivity contribution is -0.167. The second-order valence-corrected chi connectivity index (χ2v) is 7.62. The Labute approximate surface area is 150 Å². The Morgan fingerprint density at radius 1 is 1.28 bits per heavy atom. The molecule has 0 spiro atoms. The van der Waals surface area contributed by atoms with E-state index in [1.807, 2.05) is 0 Å². The number of hydrogen-bond acceptors (Lipinski definition) is 3. The molecule has 1 saturated heterocycles. The number of rotatable bonds is 5. The molecule has 0 bridgehead atoms. The summed E-state index contributed by atoms with van der Waals surface area (Å²) in [6.07, 6.45) is 1.55. The van der Waals surface area contributed by atoms with Crippen molar-refractivity contribution in [3.05, 3.63) is 34.6 Å². The van der Waals surface area contributed by atoms with Gasteiger partial charge in [-0.15, -0.1) is 0 Å². The third kappa shape index (κ3) is 3.96. The molecule has 3 rings (SSSR count). The summed E-state index contributed by atoms with van der Waals surface area (Å²) in [6, 6.07) is 3.94. The number of carbonyl (C=O) groups is 2. The number of hydrogen-bond donors (Lipinski definition) is 2. The van der Waals surface area contributed by atoms with Gasteiger partial charge in [0, 0.05) is 18.1 Å². The van der Waals surface area contributed by atoms with Crippen molar-refractivity contribution < 1.29 is 24.2 Å². The number of carboxylic acids is 1. The van der Waals surface area contributed by atoms with Gasteiger partial charge in [0.2, 0.25) is 5.91 Å². The van der Waals surface area contributed by atoms with Gasteiger partial charge in [-0.25, -0.2) is 4.39 Å². The molecular weight excluding hydrogens is 349 g/mol. The minimum absolute atomic E-state index is 0.0120. The topological polar surface area (TPSA) is 77.8 Å². The summed E-state index contributed by atoms with van der Waals surface area (Å²) in [6.45, 7) is 0.282. The molecule has 1 heterocycles. The summed E-state index contributed by atoms with van der Waals surface area (Å²) in [5, 5.41) is 20.3. The molecule has 5 nitrogen and oxygen atoms in total. The molecule has 0 unspecified atom stereocenters. The maximum atomic E-state index is 13.4. The quantitative estimate of drug-likeness (QED) is 0.835. The number of amides is 1. The highest BCUT2D eigenvalue weighted by atomic mass is 35.5. The van der Waals surface area contributed by atoms with E-state index in [0.717, 1.165) is 18.9 Å². The Kier molecular flexibility index (Phi) is 5.02. The standard InChI is InChI=1S/C18H21ClFNO4/c19-13-5-12(6-14(20)8-13)7-16(23)21-4-3-15(22)18(10-21,17(24)25)9-11-1-2-11/h5-6,8,11,15,22H,1-4,7,9-10H2,(H,24,25)/t15-,18-/m1/s1. The molecular formula is C18H21ClFNO4.